The molecule has 0 fully saturated rings. The molecule has 0 saturated heterocycles. The summed E-state index contributed by atoms with van der Waals surface area (Å²) in [5, 5.41) is 3.13. The molecule has 0 saturated carbocycles. The molecule has 0 radical (unpaired) electrons. The maximum absolute atomic E-state index is 13.0. The van der Waals surface area contributed by atoms with Gasteiger partial charge in [0.05, 0.1) is 6.61 Å². The fourth-order valence-corrected chi connectivity index (χ4v) is 3.10. The Balaban J connectivity index is 2.30. The SMILES string of the molecule is CCOC(=O)C(Nc1ccc(F)cc1)c1cc(C)sc1C. The van der Waals surface area contributed by atoms with Crippen LogP contribution in [-0.2, 0) is 9.53 Å². The number of hydrogen-bond acceptors (Lipinski definition) is 4. The lowest BCUT2D eigenvalue weighted by molar-refractivity contribution is -0.144. The van der Waals surface area contributed by atoms with E-state index < -0.39 is 6.04 Å². The lowest BCUT2D eigenvalue weighted by Crippen LogP contribution is -2.23. The fourth-order valence-electron chi connectivity index (χ4n) is 2.14. The van der Waals surface area contributed by atoms with Crippen molar-refractivity contribution in [3.8, 4) is 0 Å². The number of carbonyl (C=O) groups excluding carboxylic acids is 1. The van der Waals surface area contributed by atoms with Crippen LogP contribution >= 0.6 is 11.3 Å². The second-order valence-electron chi connectivity index (χ2n) is 4.70. The average molecular weight is 307 g/mol. The van der Waals surface area contributed by atoms with E-state index in [4.69, 9.17) is 4.74 Å². The Labute approximate surface area is 127 Å². The molecule has 3 nitrogen and oxygen atoms in total. The molecule has 112 valence electrons. The van der Waals surface area contributed by atoms with Gasteiger partial charge in [0.15, 0.2) is 6.04 Å². The molecule has 1 aromatic carbocycles. The number of ether oxygens (including phenoxy) is 1. The molecule has 0 aliphatic heterocycles. The molecule has 1 aromatic heterocycles. The highest BCUT2D eigenvalue weighted by molar-refractivity contribution is 7.12. The van der Waals surface area contributed by atoms with Crippen molar-refractivity contribution in [3.05, 3.63) is 51.5 Å². The first-order valence-electron chi connectivity index (χ1n) is 6.77. The topological polar surface area (TPSA) is 38.3 Å². The van der Waals surface area contributed by atoms with E-state index in [0.29, 0.717) is 12.3 Å². The van der Waals surface area contributed by atoms with Gasteiger partial charge in [0.1, 0.15) is 5.82 Å². The third kappa shape index (κ3) is 3.82. The summed E-state index contributed by atoms with van der Waals surface area (Å²) in [6.45, 7) is 6.08. The van der Waals surface area contributed by atoms with Gasteiger partial charge in [0, 0.05) is 15.4 Å². The van der Waals surface area contributed by atoms with E-state index in [0.717, 1.165) is 15.3 Å². The van der Waals surface area contributed by atoms with Gasteiger partial charge in [0.2, 0.25) is 0 Å². The number of hydrogen-bond donors (Lipinski definition) is 1. The van der Waals surface area contributed by atoms with Crippen molar-refractivity contribution < 1.29 is 13.9 Å². The molecular formula is C16H18FNO2S. The van der Waals surface area contributed by atoms with E-state index in [1.807, 2.05) is 19.9 Å². The van der Waals surface area contributed by atoms with Crippen LogP contribution in [0.4, 0.5) is 10.1 Å². The summed E-state index contributed by atoms with van der Waals surface area (Å²) in [6.07, 6.45) is 0. The number of carbonyl (C=O) groups is 1. The van der Waals surface area contributed by atoms with Gasteiger partial charge in [-0.2, -0.15) is 0 Å². The lowest BCUT2D eigenvalue weighted by Gasteiger charge is -2.18. The van der Waals surface area contributed by atoms with Gasteiger partial charge in [-0.3, -0.25) is 0 Å². The molecule has 1 heterocycles. The zero-order valence-electron chi connectivity index (χ0n) is 12.3. The van der Waals surface area contributed by atoms with Crippen LogP contribution in [0.2, 0.25) is 0 Å². The molecule has 0 spiro atoms. The van der Waals surface area contributed by atoms with Crippen molar-refractivity contribution >= 4 is 23.0 Å². The van der Waals surface area contributed by atoms with Crippen LogP contribution in [0.15, 0.2) is 30.3 Å². The van der Waals surface area contributed by atoms with Crippen molar-refractivity contribution in [1.29, 1.82) is 0 Å². The van der Waals surface area contributed by atoms with E-state index in [2.05, 4.69) is 5.32 Å². The Morgan fingerprint density at radius 1 is 1.33 bits per heavy atom. The highest BCUT2D eigenvalue weighted by atomic mass is 32.1. The van der Waals surface area contributed by atoms with Gasteiger partial charge in [-0.1, -0.05) is 0 Å². The molecule has 1 atom stereocenters. The van der Waals surface area contributed by atoms with Crippen LogP contribution < -0.4 is 5.32 Å². The summed E-state index contributed by atoms with van der Waals surface area (Å²) in [5.74, 6) is -0.640. The maximum atomic E-state index is 13.0. The second-order valence-corrected chi connectivity index (χ2v) is 6.17. The number of aryl methyl sites for hydroxylation is 2. The number of benzene rings is 1. The number of halogens is 1. The predicted octanol–water partition coefficient (Wildman–Crippen LogP) is 4.22. The Morgan fingerprint density at radius 2 is 2.00 bits per heavy atom. The molecule has 0 bridgehead atoms. The van der Waals surface area contributed by atoms with Crippen LogP contribution in [-0.4, -0.2) is 12.6 Å². The summed E-state index contributed by atoms with van der Waals surface area (Å²) in [7, 11) is 0. The summed E-state index contributed by atoms with van der Waals surface area (Å²) in [4.78, 5) is 14.4. The van der Waals surface area contributed by atoms with Crippen molar-refractivity contribution in [2.45, 2.75) is 26.8 Å². The second kappa shape index (κ2) is 6.72. The Morgan fingerprint density at radius 3 is 2.52 bits per heavy atom. The van der Waals surface area contributed by atoms with E-state index in [9.17, 15) is 9.18 Å². The minimum absolute atomic E-state index is 0.309. The molecule has 0 amide bonds. The normalized spacial score (nSPS) is 12.0. The van der Waals surface area contributed by atoms with E-state index >= 15 is 0 Å². The maximum Gasteiger partial charge on any atom is 0.333 e. The Kier molecular flexibility index (Phi) is 4.96. The largest absolute Gasteiger partial charge is 0.464 e. The summed E-state index contributed by atoms with van der Waals surface area (Å²) in [5.41, 5.74) is 1.58. The van der Waals surface area contributed by atoms with Gasteiger partial charge in [-0.25, -0.2) is 9.18 Å². The van der Waals surface area contributed by atoms with Gasteiger partial charge in [-0.15, -0.1) is 11.3 Å². The fraction of sp³-hybridized carbons (Fsp3) is 0.312. The molecule has 21 heavy (non-hydrogen) atoms. The highest BCUT2D eigenvalue weighted by Crippen LogP contribution is 2.30. The number of anilines is 1. The number of esters is 1. The molecule has 1 unspecified atom stereocenters. The quantitative estimate of drug-likeness (QED) is 0.841. The van der Waals surface area contributed by atoms with Crippen molar-refractivity contribution in [1.82, 2.24) is 0 Å². The third-order valence-corrected chi connectivity index (χ3v) is 4.05. The van der Waals surface area contributed by atoms with Crippen molar-refractivity contribution in [2.75, 3.05) is 11.9 Å². The zero-order chi connectivity index (χ0) is 15.4. The Bertz CT molecular complexity index is 622. The Hall–Kier alpha value is -1.88. The van der Waals surface area contributed by atoms with Gasteiger partial charge in [0.25, 0.3) is 0 Å². The number of rotatable bonds is 5. The molecule has 2 rings (SSSR count). The standard InChI is InChI=1S/C16H18FNO2S/c1-4-20-16(19)15(14-9-10(2)21-11(14)3)18-13-7-5-12(17)6-8-13/h5-9,15,18H,4H2,1-3H3. The smallest absolute Gasteiger partial charge is 0.333 e. The van der Waals surface area contributed by atoms with Crippen LogP contribution in [0.25, 0.3) is 0 Å². The lowest BCUT2D eigenvalue weighted by atomic mass is 10.1. The molecule has 2 aromatic rings. The molecule has 0 aliphatic carbocycles. The van der Waals surface area contributed by atoms with E-state index in [-0.39, 0.29) is 11.8 Å². The van der Waals surface area contributed by atoms with Gasteiger partial charge < -0.3 is 10.1 Å². The van der Waals surface area contributed by atoms with E-state index in [1.54, 1.807) is 30.4 Å². The third-order valence-electron chi connectivity index (χ3n) is 3.07. The molecular weight excluding hydrogens is 289 g/mol. The van der Waals surface area contributed by atoms with Crippen LogP contribution in [0, 0.1) is 19.7 Å². The summed E-state index contributed by atoms with van der Waals surface area (Å²) in [6, 6.07) is 7.33. The van der Waals surface area contributed by atoms with Crippen LogP contribution in [0.3, 0.4) is 0 Å². The number of nitrogens with one attached hydrogen (secondary N) is 1. The summed E-state index contributed by atoms with van der Waals surface area (Å²) >= 11 is 1.64. The van der Waals surface area contributed by atoms with Crippen molar-refractivity contribution in [3.63, 3.8) is 0 Å². The highest BCUT2D eigenvalue weighted by Gasteiger charge is 2.25. The average Bonchev–Trinajstić information content (AvgIpc) is 2.77. The van der Waals surface area contributed by atoms with Gasteiger partial charge in [-0.05, 0) is 56.7 Å². The minimum atomic E-state index is -0.583. The van der Waals surface area contributed by atoms with Crippen molar-refractivity contribution in [2.24, 2.45) is 0 Å². The van der Waals surface area contributed by atoms with Crippen LogP contribution in [0.5, 0.6) is 0 Å². The number of thiophene rings is 1. The van der Waals surface area contributed by atoms with Gasteiger partial charge >= 0.3 is 5.97 Å². The monoisotopic (exact) mass is 307 g/mol. The zero-order valence-corrected chi connectivity index (χ0v) is 13.1. The van der Waals surface area contributed by atoms with Crippen LogP contribution in [0.1, 0.15) is 28.3 Å². The molecule has 0 aliphatic rings. The minimum Gasteiger partial charge on any atom is -0.464 e. The summed E-state index contributed by atoms with van der Waals surface area (Å²) < 4.78 is 18.1. The first-order chi connectivity index (χ1) is 10.0. The first kappa shape index (κ1) is 15.5. The first-order valence-corrected chi connectivity index (χ1v) is 7.58. The molecule has 1 N–H and O–H groups in total. The molecule has 5 heteroatoms. The predicted molar refractivity (Wildman–Crippen MR) is 83.2 cm³/mol. The van der Waals surface area contributed by atoms with E-state index in [1.165, 1.54) is 12.1 Å².